The maximum absolute atomic E-state index is 5.90. The van der Waals surface area contributed by atoms with Crippen molar-refractivity contribution in [1.29, 1.82) is 0 Å². The molecule has 0 saturated carbocycles. The van der Waals surface area contributed by atoms with Gasteiger partial charge in [0.05, 0.1) is 5.39 Å². The van der Waals surface area contributed by atoms with Crippen LogP contribution in [0.25, 0.3) is 10.2 Å². The number of thiophene rings is 1. The number of nitrogens with two attached hydrogens (primary N) is 1. The molecule has 2 aromatic rings. The highest BCUT2D eigenvalue weighted by molar-refractivity contribution is 7.18. The summed E-state index contributed by atoms with van der Waals surface area (Å²) in [6.45, 7) is 6.57. The van der Waals surface area contributed by atoms with Crippen molar-refractivity contribution in [3.05, 3.63) is 16.8 Å². The van der Waals surface area contributed by atoms with Crippen molar-refractivity contribution >= 4 is 27.4 Å². The van der Waals surface area contributed by atoms with Crippen molar-refractivity contribution < 1.29 is 4.74 Å². The molecule has 0 saturated heterocycles. The second-order valence-corrected chi connectivity index (χ2v) is 4.88. The monoisotopic (exact) mass is 237 g/mol. The van der Waals surface area contributed by atoms with Crippen LogP contribution in [-0.4, -0.2) is 16.6 Å². The van der Waals surface area contributed by atoms with Crippen LogP contribution in [0.2, 0.25) is 0 Å². The Morgan fingerprint density at radius 1 is 1.50 bits per heavy atom. The maximum Gasteiger partial charge on any atom is 0.160 e. The molecule has 0 fully saturated rings. The summed E-state index contributed by atoms with van der Waals surface area (Å²) in [7, 11) is 0. The minimum Gasteiger partial charge on any atom is -0.383 e. The number of hydrogen-bond donors (Lipinski definition) is 1. The smallest absolute Gasteiger partial charge is 0.160 e. The van der Waals surface area contributed by atoms with Gasteiger partial charge in [0.25, 0.3) is 0 Å². The van der Waals surface area contributed by atoms with E-state index < -0.39 is 0 Å². The standard InChI is InChI=1S/C11H15N3OS/c1-4-15-7(3)10-13-9(12)8-5-6(2)16-11(8)14-10/h5,7H,4H2,1-3H3,(H2,12,13,14). The number of nitrogen functional groups attached to an aromatic ring is 1. The van der Waals surface area contributed by atoms with Crippen LogP contribution >= 0.6 is 11.3 Å². The molecule has 4 nitrogen and oxygen atoms in total. The highest BCUT2D eigenvalue weighted by Gasteiger charge is 2.13. The number of fused-ring (bicyclic) bond motifs is 1. The molecular weight excluding hydrogens is 222 g/mol. The minimum absolute atomic E-state index is 0.112. The Balaban J connectivity index is 2.48. The van der Waals surface area contributed by atoms with Crippen molar-refractivity contribution in [3.8, 4) is 0 Å². The molecule has 0 bridgehead atoms. The lowest BCUT2D eigenvalue weighted by Gasteiger charge is -2.10. The first-order valence-electron chi connectivity index (χ1n) is 5.27. The fourth-order valence-electron chi connectivity index (χ4n) is 1.59. The zero-order chi connectivity index (χ0) is 11.7. The minimum atomic E-state index is -0.112. The van der Waals surface area contributed by atoms with Crippen LogP contribution in [-0.2, 0) is 4.74 Å². The SMILES string of the molecule is CCOC(C)c1nc(N)c2cc(C)sc2n1. The van der Waals surface area contributed by atoms with E-state index in [4.69, 9.17) is 10.5 Å². The van der Waals surface area contributed by atoms with Crippen LogP contribution in [0.3, 0.4) is 0 Å². The van der Waals surface area contributed by atoms with Crippen molar-refractivity contribution in [2.24, 2.45) is 0 Å². The van der Waals surface area contributed by atoms with Crippen LogP contribution in [0.5, 0.6) is 0 Å². The average molecular weight is 237 g/mol. The van der Waals surface area contributed by atoms with Gasteiger partial charge >= 0.3 is 0 Å². The molecule has 0 aliphatic heterocycles. The summed E-state index contributed by atoms with van der Waals surface area (Å²) in [5.41, 5.74) is 5.90. The van der Waals surface area contributed by atoms with E-state index in [-0.39, 0.29) is 6.10 Å². The van der Waals surface area contributed by atoms with Gasteiger partial charge in [0, 0.05) is 11.5 Å². The topological polar surface area (TPSA) is 61.0 Å². The van der Waals surface area contributed by atoms with Gasteiger partial charge in [0.15, 0.2) is 5.82 Å². The van der Waals surface area contributed by atoms with Gasteiger partial charge < -0.3 is 10.5 Å². The molecule has 0 radical (unpaired) electrons. The molecule has 0 aliphatic rings. The lowest BCUT2D eigenvalue weighted by Crippen LogP contribution is -2.06. The number of hydrogen-bond acceptors (Lipinski definition) is 5. The quantitative estimate of drug-likeness (QED) is 0.891. The van der Waals surface area contributed by atoms with Gasteiger partial charge in [-0.2, -0.15) is 0 Å². The lowest BCUT2D eigenvalue weighted by atomic mass is 10.3. The summed E-state index contributed by atoms with van der Waals surface area (Å²) in [5, 5.41) is 0.940. The number of aromatic nitrogens is 2. The van der Waals surface area contributed by atoms with Gasteiger partial charge in [0.1, 0.15) is 16.8 Å². The number of anilines is 1. The molecule has 2 heterocycles. The second kappa shape index (κ2) is 4.35. The Morgan fingerprint density at radius 3 is 2.94 bits per heavy atom. The summed E-state index contributed by atoms with van der Waals surface area (Å²) >= 11 is 1.63. The van der Waals surface area contributed by atoms with E-state index in [1.54, 1.807) is 11.3 Å². The molecule has 2 N–H and O–H groups in total. The van der Waals surface area contributed by atoms with Gasteiger partial charge in [-0.05, 0) is 26.8 Å². The Morgan fingerprint density at radius 2 is 2.25 bits per heavy atom. The molecular formula is C11H15N3OS. The van der Waals surface area contributed by atoms with Crippen molar-refractivity contribution in [3.63, 3.8) is 0 Å². The third-order valence-electron chi connectivity index (χ3n) is 2.34. The van der Waals surface area contributed by atoms with Gasteiger partial charge in [-0.1, -0.05) is 0 Å². The van der Waals surface area contributed by atoms with Crippen LogP contribution in [0.4, 0.5) is 5.82 Å². The Labute approximate surface area is 98.5 Å². The maximum atomic E-state index is 5.90. The fourth-order valence-corrected chi connectivity index (χ4v) is 2.48. The molecule has 0 aliphatic carbocycles. The zero-order valence-electron chi connectivity index (χ0n) is 9.65. The molecule has 0 amide bonds. The molecule has 0 spiro atoms. The van der Waals surface area contributed by atoms with Gasteiger partial charge in [-0.15, -0.1) is 11.3 Å². The lowest BCUT2D eigenvalue weighted by molar-refractivity contribution is 0.0704. The van der Waals surface area contributed by atoms with E-state index in [1.165, 1.54) is 4.88 Å². The van der Waals surface area contributed by atoms with Crippen LogP contribution in [0, 0.1) is 6.92 Å². The van der Waals surface area contributed by atoms with Crippen LogP contribution < -0.4 is 5.73 Å². The molecule has 5 heteroatoms. The van der Waals surface area contributed by atoms with E-state index in [0.29, 0.717) is 18.2 Å². The number of aryl methyl sites for hydroxylation is 1. The summed E-state index contributed by atoms with van der Waals surface area (Å²) in [4.78, 5) is 10.9. The predicted octanol–water partition coefficient (Wildman–Crippen LogP) is 2.68. The molecule has 0 aromatic carbocycles. The average Bonchev–Trinajstić information content (AvgIpc) is 2.59. The Kier molecular flexibility index (Phi) is 3.07. The largest absolute Gasteiger partial charge is 0.383 e. The molecule has 2 rings (SSSR count). The summed E-state index contributed by atoms with van der Waals surface area (Å²) in [6, 6.07) is 2.02. The summed E-state index contributed by atoms with van der Waals surface area (Å²) < 4.78 is 5.46. The van der Waals surface area contributed by atoms with Gasteiger partial charge in [0.2, 0.25) is 0 Å². The number of nitrogens with zero attached hydrogens (tertiary/aromatic N) is 2. The van der Waals surface area contributed by atoms with Crippen LogP contribution in [0.1, 0.15) is 30.7 Å². The third kappa shape index (κ3) is 2.01. The van der Waals surface area contributed by atoms with Crippen molar-refractivity contribution in [2.75, 3.05) is 12.3 Å². The van der Waals surface area contributed by atoms with E-state index in [1.807, 2.05) is 26.8 Å². The predicted molar refractivity (Wildman–Crippen MR) is 66.6 cm³/mol. The Hall–Kier alpha value is -1.20. The molecule has 1 unspecified atom stereocenters. The molecule has 86 valence electrons. The Bertz CT molecular complexity index is 509. The molecule has 1 atom stereocenters. The second-order valence-electron chi connectivity index (χ2n) is 3.64. The van der Waals surface area contributed by atoms with Crippen LogP contribution in [0.15, 0.2) is 6.07 Å². The summed E-state index contributed by atoms with van der Waals surface area (Å²) in [5.74, 6) is 1.20. The first-order valence-corrected chi connectivity index (χ1v) is 6.08. The third-order valence-corrected chi connectivity index (χ3v) is 3.29. The highest BCUT2D eigenvalue weighted by Crippen LogP contribution is 2.28. The zero-order valence-corrected chi connectivity index (χ0v) is 10.5. The highest BCUT2D eigenvalue weighted by atomic mass is 32.1. The first kappa shape index (κ1) is 11.3. The van der Waals surface area contributed by atoms with Crippen molar-refractivity contribution in [2.45, 2.75) is 26.9 Å². The number of ether oxygens (including phenoxy) is 1. The first-order chi connectivity index (χ1) is 7.61. The van der Waals surface area contributed by atoms with E-state index >= 15 is 0 Å². The van der Waals surface area contributed by atoms with Crippen molar-refractivity contribution in [1.82, 2.24) is 9.97 Å². The summed E-state index contributed by atoms with van der Waals surface area (Å²) in [6.07, 6.45) is -0.112. The fraction of sp³-hybridized carbons (Fsp3) is 0.455. The van der Waals surface area contributed by atoms with E-state index in [9.17, 15) is 0 Å². The normalized spacial score (nSPS) is 13.2. The van der Waals surface area contributed by atoms with Gasteiger partial charge in [-0.3, -0.25) is 0 Å². The molecule has 2 aromatic heterocycles. The van der Waals surface area contributed by atoms with E-state index in [2.05, 4.69) is 9.97 Å². The molecule has 16 heavy (non-hydrogen) atoms. The van der Waals surface area contributed by atoms with Gasteiger partial charge in [-0.25, -0.2) is 9.97 Å². The van der Waals surface area contributed by atoms with E-state index in [0.717, 1.165) is 10.2 Å². The number of rotatable bonds is 3.